The maximum absolute atomic E-state index is 14.7. The summed E-state index contributed by atoms with van der Waals surface area (Å²) in [5, 5.41) is 2.27. The molecule has 3 aromatic carbocycles. The number of nitrogens with zero attached hydrogens (tertiary/aromatic N) is 2. The molecule has 1 amide bonds. The first-order valence-corrected chi connectivity index (χ1v) is 28.7. The van der Waals surface area contributed by atoms with Gasteiger partial charge in [0, 0.05) is 31.8 Å². The predicted octanol–water partition coefficient (Wildman–Crippen LogP) is 11.2. The van der Waals surface area contributed by atoms with Crippen LogP contribution >= 0.6 is 0 Å². The van der Waals surface area contributed by atoms with Gasteiger partial charge < -0.3 is 33.0 Å². The number of ether oxygens (including phenoxy) is 5. The van der Waals surface area contributed by atoms with Gasteiger partial charge in [-0.25, -0.2) is 4.79 Å². The first-order chi connectivity index (χ1) is 34.4. The van der Waals surface area contributed by atoms with Crippen molar-refractivity contribution in [2.45, 2.75) is 190 Å². The van der Waals surface area contributed by atoms with E-state index < -0.39 is 67.0 Å². The fourth-order valence-corrected chi connectivity index (χ4v) is 14.2. The van der Waals surface area contributed by atoms with Crippen molar-refractivity contribution >= 4 is 42.7 Å². The summed E-state index contributed by atoms with van der Waals surface area (Å²) in [4.78, 5) is 60.1. The number of carbonyl (C=O) groups excluding carboxylic acids is 4. The molecule has 1 fully saturated rings. The van der Waals surface area contributed by atoms with E-state index in [9.17, 15) is 19.2 Å². The molecule has 0 aromatic heterocycles. The molecule has 2 aliphatic heterocycles. The van der Waals surface area contributed by atoms with Gasteiger partial charge in [0.15, 0.2) is 24.5 Å². The SMILES string of the molecule is CCCCC[C@@H](C[C@H]1CC=CCN1[C@H]1OC[C@@H](OC(=O)C(C)(C)C)C(OC(=O)C(C)(C)C)C1OC(=O)C(C)(C)C)N(CCCCO[Si](c1ccccc1)(c1ccccc1)C(C)(C)C)C(=O)OCc1ccccc1. The third-order valence-electron chi connectivity index (χ3n) is 13.8. The summed E-state index contributed by atoms with van der Waals surface area (Å²) in [5.41, 5.74) is -1.81. The van der Waals surface area contributed by atoms with Crippen molar-refractivity contribution in [1.29, 1.82) is 0 Å². The molecule has 0 saturated carbocycles. The molecule has 0 aliphatic carbocycles. The molecule has 3 aromatic rings. The van der Waals surface area contributed by atoms with Gasteiger partial charge in [-0.3, -0.25) is 19.3 Å². The largest absolute Gasteiger partial charge is 0.455 e. The first kappa shape index (κ1) is 59.1. The molecule has 0 N–H and O–H groups in total. The van der Waals surface area contributed by atoms with E-state index in [1.54, 1.807) is 62.3 Å². The minimum absolute atomic E-state index is 0.0983. The van der Waals surface area contributed by atoms with Crippen LogP contribution in [0.3, 0.4) is 0 Å². The van der Waals surface area contributed by atoms with Crippen LogP contribution in [0, 0.1) is 16.2 Å². The summed E-state index contributed by atoms with van der Waals surface area (Å²) >= 11 is 0. The van der Waals surface area contributed by atoms with Gasteiger partial charge in [0.05, 0.1) is 22.9 Å². The number of unbranched alkanes of at least 4 members (excludes halogenated alkanes) is 3. The molecule has 5 rings (SSSR count). The van der Waals surface area contributed by atoms with E-state index in [0.717, 1.165) is 37.7 Å². The molecule has 2 unspecified atom stereocenters. The van der Waals surface area contributed by atoms with Crippen LogP contribution in [0.5, 0.6) is 0 Å². The van der Waals surface area contributed by atoms with Gasteiger partial charge in [-0.2, -0.15) is 0 Å². The van der Waals surface area contributed by atoms with E-state index in [1.165, 1.54) is 10.4 Å². The van der Waals surface area contributed by atoms with Crippen LogP contribution < -0.4 is 10.4 Å². The molecule has 6 atom stereocenters. The van der Waals surface area contributed by atoms with Crippen LogP contribution in [-0.2, 0) is 49.1 Å². The second-order valence-corrected chi connectivity index (χ2v) is 28.4. The Morgan fingerprint density at radius 2 is 1.21 bits per heavy atom. The van der Waals surface area contributed by atoms with Crippen molar-refractivity contribution in [3.8, 4) is 0 Å². The monoisotopic (exact) mass is 1020 g/mol. The van der Waals surface area contributed by atoms with Gasteiger partial charge in [0.2, 0.25) is 0 Å². The molecule has 12 nitrogen and oxygen atoms in total. The van der Waals surface area contributed by atoms with Gasteiger partial charge in [0.25, 0.3) is 8.32 Å². The average molecular weight is 1030 g/mol. The third kappa shape index (κ3) is 16.1. The Bertz CT molecular complexity index is 2190. The van der Waals surface area contributed by atoms with E-state index in [2.05, 4.69) is 93.3 Å². The van der Waals surface area contributed by atoms with Gasteiger partial charge in [0.1, 0.15) is 6.61 Å². The summed E-state index contributed by atoms with van der Waals surface area (Å²) in [6.45, 7) is 26.3. The number of hydrogen-bond donors (Lipinski definition) is 0. The summed E-state index contributed by atoms with van der Waals surface area (Å²) < 4.78 is 39.0. The second kappa shape index (κ2) is 26.1. The normalized spacial score (nSPS) is 20.4. The Kier molecular flexibility index (Phi) is 21.1. The van der Waals surface area contributed by atoms with Crippen LogP contribution in [-0.4, -0.2) is 105 Å². The van der Waals surface area contributed by atoms with Crippen molar-refractivity contribution < 1.29 is 47.3 Å². The van der Waals surface area contributed by atoms with Gasteiger partial charge in [-0.15, -0.1) is 0 Å². The molecule has 2 heterocycles. The van der Waals surface area contributed by atoms with Crippen molar-refractivity contribution in [2.24, 2.45) is 16.2 Å². The summed E-state index contributed by atoms with van der Waals surface area (Å²) in [6.07, 6.45) is 5.79. The van der Waals surface area contributed by atoms with Crippen LogP contribution in [0.1, 0.15) is 147 Å². The minimum atomic E-state index is -2.78. The van der Waals surface area contributed by atoms with E-state index in [4.69, 9.17) is 28.1 Å². The Morgan fingerprint density at radius 3 is 1.74 bits per heavy atom. The van der Waals surface area contributed by atoms with Crippen LogP contribution in [0.25, 0.3) is 0 Å². The molecule has 13 heteroatoms. The molecule has 73 heavy (non-hydrogen) atoms. The maximum Gasteiger partial charge on any atom is 0.410 e. The molecule has 0 radical (unpaired) electrons. The number of amides is 1. The van der Waals surface area contributed by atoms with E-state index in [0.29, 0.717) is 39.0 Å². The second-order valence-electron chi connectivity index (χ2n) is 24.1. The Labute approximate surface area is 439 Å². The standard InChI is InChI=1S/C60H88N2O10Si/c1-14-15-19-32-46(41-45-33-26-27-38-61(45)52-51(72-55(65)59(8,9)10)50(71-54(64)58(5,6)7)49(43-67-52)70-53(63)57(2,3)4)62(56(66)68-42-44-30-20-16-21-31-44)39-28-29-40-69-73(60(11,12)13,47-34-22-17-23-35-47)48-36-24-18-25-37-48/h16-18,20-27,30-31,34-37,45-46,49-52H,14-15,19,28-29,32-33,38-43H2,1-13H3/t45-,46+,49-,50?,51?,52+/m1/s1. The number of rotatable bonds is 21. The molecular weight excluding hydrogens is 937 g/mol. The maximum atomic E-state index is 14.7. The fourth-order valence-electron chi connectivity index (χ4n) is 9.54. The lowest BCUT2D eigenvalue weighted by molar-refractivity contribution is -0.261. The molecule has 2 aliphatic rings. The average Bonchev–Trinajstić information content (AvgIpc) is 3.33. The highest BCUT2D eigenvalue weighted by molar-refractivity contribution is 6.99. The minimum Gasteiger partial charge on any atom is -0.455 e. The van der Waals surface area contributed by atoms with Crippen LogP contribution in [0.15, 0.2) is 103 Å². The van der Waals surface area contributed by atoms with Gasteiger partial charge >= 0.3 is 24.0 Å². The number of hydrogen-bond acceptors (Lipinski definition) is 11. The third-order valence-corrected chi connectivity index (χ3v) is 18.8. The fraction of sp³-hybridized carbons (Fsp3) is 0.600. The van der Waals surface area contributed by atoms with E-state index in [-0.39, 0.29) is 36.4 Å². The number of benzene rings is 3. The lowest BCUT2D eigenvalue weighted by Crippen LogP contribution is -2.66. The zero-order chi connectivity index (χ0) is 53.6. The Balaban J connectivity index is 1.49. The van der Waals surface area contributed by atoms with Crippen LogP contribution in [0.4, 0.5) is 4.79 Å². The predicted molar refractivity (Wildman–Crippen MR) is 291 cm³/mol. The lowest BCUT2D eigenvalue weighted by Gasteiger charge is -2.49. The van der Waals surface area contributed by atoms with E-state index in [1.807, 2.05) is 47.4 Å². The number of esters is 3. The van der Waals surface area contributed by atoms with Crippen molar-refractivity contribution in [1.82, 2.24) is 9.80 Å². The van der Waals surface area contributed by atoms with Gasteiger partial charge in [-0.1, -0.05) is 150 Å². The summed E-state index contributed by atoms with van der Waals surface area (Å²) in [7, 11) is -2.78. The Hall–Kier alpha value is -4.82. The first-order valence-electron chi connectivity index (χ1n) is 26.8. The number of carbonyl (C=O) groups is 4. The highest BCUT2D eigenvalue weighted by atomic mass is 28.4. The summed E-state index contributed by atoms with van der Waals surface area (Å²) in [5.74, 6) is -1.54. The topological polar surface area (TPSA) is 130 Å². The molecule has 1 saturated heterocycles. The van der Waals surface area contributed by atoms with Crippen molar-refractivity contribution in [3.05, 3.63) is 109 Å². The summed E-state index contributed by atoms with van der Waals surface area (Å²) in [6, 6.07) is 30.6. The zero-order valence-electron chi connectivity index (χ0n) is 46.4. The zero-order valence-corrected chi connectivity index (χ0v) is 47.4. The quantitative estimate of drug-likeness (QED) is 0.0332. The van der Waals surface area contributed by atoms with E-state index >= 15 is 0 Å². The molecular formula is C60H88N2O10Si. The highest BCUT2D eigenvalue weighted by Crippen LogP contribution is 2.38. The highest BCUT2D eigenvalue weighted by Gasteiger charge is 2.53. The Morgan fingerprint density at radius 1 is 0.671 bits per heavy atom. The lowest BCUT2D eigenvalue weighted by atomic mass is 9.92. The van der Waals surface area contributed by atoms with Gasteiger partial charge in [-0.05, 0) is 115 Å². The smallest absolute Gasteiger partial charge is 0.410 e. The van der Waals surface area contributed by atoms with Crippen molar-refractivity contribution in [2.75, 3.05) is 26.3 Å². The van der Waals surface area contributed by atoms with Crippen LogP contribution in [0.2, 0.25) is 5.04 Å². The molecule has 402 valence electrons. The van der Waals surface area contributed by atoms with Crippen molar-refractivity contribution in [3.63, 3.8) is 0 Å². The molecule has 0 bridgehead atoms. The molecule has 0 spiro atoms.